The maximum absolute atomic E-state index is 13.7. The van der Waals surface area contributed by atoms with Crippen LogP contribution in [-0.2, 0) is 0 Å². The van der Waals surface area contributed by atoms with Gasteiger partial charge in [-0.2, -0.15) is 5.10 Å². The number of anilines is 1. The largest absolute Gasteiger partial charge is 0.413 e. The van der Waals surface area contributed by atoms with Crippen LogP contribution in [0, 0.1) is 5.82 Å². The minimum atomic E-state index is -0.598. The Morgan fingerprint density at radius 2 is 2.13 bits per heavy atom. The van der Waals surface area contributed by atoms with Gasteiger partial charge >= 0.3 is 6.09 Å². The van der Waals surface area contributed by atoms with E-state index in [1.54, 1.807) is 18.3 Å². The molecule has 3 aromatic rings. The van der Waals surface area contributed by atoms with Gasteiger partial charge in [0.15, 0.2) is 5.75 Å². The molecule has 4 rings (SSSR count). The molecule has 1 aromatic carbocycles. The molecule has 0 saturated carbocycles. The van der Waals surface area contributed by atoms with E-state index in [2.05, 4.69) is 15.4 Å². The Morgan fingerprint density at radius 3 is 2.87 bits per heavy atom. The van der Waals surface area contributed by atoms with Crippen molar-refractivity contribution in [2.24, 2.45) is 0 Å². The average molecular weight is 413 g/mol. The van der Waals surface area contributed by atoms with E-state index in [1.807, 2.05) is 31.7 Å². The minimum Gasteiger partial charge on any atom is -0.405 e. The lowest BCUT2D eigenvalue weighted by atomic mass is 10.0. The fourth-order valence-electron chi connectivity index (χ4n) is 3.60. The van der Waals surface area contributed by atoms with E-state index < -0.39 is 17.7 Å². The van der Waals surface area contributed by atoms with Crippen LogP contribution in [0.3, 0.4) is 0 Å². The smallest absolute Gasteiger partial charge is 0.405 e. The first-order chi connectivity index (χ1) is 14.2. The Kier molecular flexibility index (Phi) is 5.07. The first kappa shape index (κ1) is 20.1. The number of nitrogens with one attached hydrogen (secondary N) is 1. The molecule has 1 saturated heterocycles. The normalized spacial score (nSPS) is 19.3. The summed E-state index contributed by atoms with van der Waals surface area (Å²) >= 11 is 0. The molecule has 0 unspecified atom stereocenters. The summed E-state index contributed by atoms with van der Waals surface area (Å²) < 4.78 is 20.6. The summed E-state index contributed by atoms with van der Waals surface area (Å²) in [5, 5.41) is 17.2. The van der Waals surface area contributed by atoms with Crippen molar-refractivity contribution in [2.45, 2.75) is 44.9 Å². The summed E-state index contributed by atoms with van der Waals surface area (Å²) in [6.07, 6.45) is 2.44. The second kappa shape index (κ2) is 7.56. The number of aromatic nitrogens is 3. The molecular formula is C21H24FN5O3. The van der Waals surface area contributed by atoms with Crippen molar-refractivity contribution in [3.05, 3.63) is 54.1 Å². The number of aliphatic hydroxyl groups is 1. The fraction of sp³-hybridized carbons (Fsp3) is 0.381. The second-order valence-corrected chi connectivity index (χ2v) is 8.44. The van der Waals surface area contributed by atoms with Gasteiger partial charge in [0, 0.05) is 18.3 Å². The van der Waals surface area contributed by atoms with Gasteiger partial charge in [-0.15, -0.1) is 0 Å². The number of carbonyl (C=O) groups excluding carboxylic acids is 1. The van der Waals surface area contributed by atoms with E-state index in [-0.39, 0.29) is 17.6 Å². The molecule has 1 aliphatic heterocycles. The van der Waals surface area contributed by atoms with Crippen molar-refractivity contribution in [1.29, 1.82) is 0 Å². The number of benzene rings is 1. The SMILES string of the molecule is CC(C)(C)NC(=O)Oc1cnn2ccc(N3C[C@H](O)C[C@@H]3c3cccc(F)c3)nc12. The zero-order chi connectivity index (χ0) is 21.5. The number of nitrogens with zero attached hydrogens (tertiary/aromatic N) is 4. The highest BCUT2D eigenvalue weighted by atomic mass is 19.1. The summed E-state index contributed by atoms with van der Waals surface area (Å²) in [7, 11) is 0. The number of halogens is 1. The quantitative estimate of drug-likeness (QED) is 0.686. The Labute approximate surface area is 173 Å². The minimum absolute atomic E-state index is 0.220. The summed E-state index contributed by atoms with van der Waals surface area (Å²) in [6.45, 7) is 5.92. The molecule has 2 N–H and O–H groups in total. The third kappa shape index (κ3) is 4.20. The highest BCUT2D eigenvalue weighted by Gasteiger charge is 2.33. The van der Waals surface area contributed by atoms with Crippen molar-refractivity contribution < 1.29 is 19.0 Å². The highest BCUT2D eigenvalue weighted by molar-refractivity contribution is 5.74. The van der Waals surface area contributed by atoms with Crippen molar-refractivity contribution in [1.82, 2.24) is 19.9 Å². The van der Waals surface area contributed by atoms with Gasteiger partial charge in [0.1, 0.15) is 11.6 Å². The third-order valence-corrected chi connectivity index (χ3v) is 4.81. The molecule has 2 atom stereocenters. The van der Waals surface area contributed by atoms with Gasteiger partial charge in [0.2, 0.25) is 5.65 Å². The van der Waals surface area contributed by atoms with Crippen LogP contribution >= 0.6 is 0 Å². The standard InChI is InChI=1S/C21H24FN5O3/c1-21(2,3)25-20(29)30-17-11-23-27-8-7-18(24-19(17)27)26-12-15(28)10-16(26)13-5-4-6-14(22)9-13/h4-9,11,15-16,28H,10,12H2,1-3H3,(H,25,29)/t15-,16-/m1/s1. The average Bonchev–Trinajstić information content (AvgIpc) is 3.23. The van der Waals surface area contributed by atoms with Crippen LogP contribution in [0.25, 0.3) is 5.65 Å². The number of hydrogen-bond donors (Lipinski definition) is 2. The Morgan fingerprint density at radius 1 is 1.33 bits per heavy atom. The van der Waals surface area contributed by atoms with Gasteiger partial charge < -0.3 is 20.1 Å². The topological polar surface area (TPSA) is 92.0 Å². The molecular weight excluding hydrogens is 389 g/mol. The maximum atomic E-state index is 13.7. The number of carbonyl (C=O) groups is 1. The summed E-state index contributed by atoms with van der Waals surface area (Å²) in [4.78, 5) is 18.7. The van der Waals surface area contributed by atoms with E-state index in [9.17, 15) is 14.3 Å². The molecule has 0 radical (unpaired) electrons. The van der Waals surface area contributed by atoms with E-state index in [0.717, 1.165) is 5.56 Å². The number of ether oxygens (including phenoxy) is 1. The van der Waals surface area contributed by atoms with E-state index in [0.29, 0.717) is 24.4 Å². The van der Waals surface area contributed by atoms with Crippen molar-refractivity contribution in [3.63, 3.8) is 0 Å². The van der Waals surface area contributed by atoms with Crippen molar-refractivity contribution in [2.75, 3.05) is 11.4 Å². The lowest BCUT2D eigenvalue weighted by Gasteiger charge is -2.26. The van der Waals surface area contributed by atoms with Crippen LogP contribution in [0.15, 0.2) is 42.7 Å². The van der Waals surface area contributed by atoms with Gasteiger partial charge in [0.05, 0.1) is 18.3 Å². The van der Waals surface area contributed by atoms with Crippen molar-refractivity contribution >= 4 is 17.6 Å². The molecule has 158 valence electrons. The predicted molar refractivity (Wildman–Crippen MR) is 109 cm³/mol. The highest BCUT2D eigenvalue weighted by Crippen LogP contribution is 2.36. The zero-order valence-electron chi connectivity index (χ0n) is 17.0. The van der Waals surface area contributed by atoms with Crippen molar-refractivity contribution in [3.8, 4) is 5.75 Å². The molecule has 9 heteroatoms. The van der Waals surface area contributed by atoms with Crippen LogP contribution in [-0.4, -0.2) is 44.0 Å². The lowest BCUT2D eigenvalue weighted by molar-refractivity contribution is 0.191. The number of fused-ring (bicyclic) bond motifs is 1. The Bertz CT molecular complexity index is 1080. The van der Waals surface area contributed by atoms with Crippen LogP contribution < -0.4 is 15.0 Å². The molecule has 0 aliphatic carbocycles. The number of amides is 1. The molecule has 8 nitrogen and oxygen atoms in total. The Hall–Kier alpha value is -3.20. The number of rotatable bonds is 3. The molecule has 0 bridgehead atoms. The third-order valence-electron chi connectivity index (χ3n) is 4.81. The van der Waals surface area contributed by atoms with Gasteiger partial charge in [-0.3, -0.25) is 0 Å². The van der Waals surface area contributed by atoms with Crippen LogP contribution in [0.5, 0.6) is 5.75 Å². The molecule has 0 spiro atoms. The summed E-state index contributed by atoms with van der Waals surface area (Å²) in [5.41, 5.74) is 0.696. The van der Waals surface area contributed by atoms with Crippen LogP contribution in [0.4, 0.5) is 15.0 Å². The summed E-state index contributed by atoms with van der Waals surface area (Å²) in [5.74, 6) is 0.476. The van der Waals surface area contributed by atoms with Gasteiger partial charge in [-0.1, -0.05) is 12.1 Å². The van der Waals surface area contributed by atoms with Crippen LogP contribution in [0.1, 0.15) is 38.8 Å². The Balaban J connectivity index is 1.64. The number of β-amino-alcohol motifs (C(OH)–C–C–N with tert-alkyl or cyclic N) is 1. The van der Waals surface area contributed by atoms with Gasteiger partial charge in [-0.25, -0.2) is 18.7 Å². The van der Waals surface area contributed by atoms with Gasteiger partial charge in [0.25, 0.3) is 0 Å². The first-order valence-electron chi connectivity index (χ1n) is 9.74. The van der Waals surface area contributed by atoms with Gasteiger partial charge in [-0.05, 0) is 51.0 Å². The lowest BCUT2D eigenvalue weighted by Crippen LogP contribution is -2.42. The first-order valence-corrected chi connectivity index (χ1v) is 9.74. The predicted octanol–water partition coefficient (Wildman–Crippen LogP) is 3.07. The summed E-state index contributed by atoms with van der Waals surface area (Å²) in [6, 6.07) is 7.90. The number of aliphatic hydroxyl groups excluding tert-OH is 1. The van der Waals surface area contributed by atoms with E-state index >= 15 is 0 Å². The molecule has 30 heavy (non-hydrogen) atoms. The molecule has 1 aliphatic rings. The fourth-order valence-corrected chi connectivity index (χ4v) is 3.60. The molecule has 1 fully saturated rings. The monoisotopic (exact) mass is 413 g/mol. The zero-order valence-corrected chi connectivity index (χ0v) is 17.0. The van der Waals surface area contributed by atoms with Crippen LogP contribution in [0.2, 0.25) is 0 Å². The second-order valence-electron chi connectivity index (χ2n) is 8.44. The molecule has 2 aromatic heterocycles. The molecule has 3 heterocycles. The van der Waals surface area contributed by atoms with E-state index in [4.69, 9.17) is 4.74 Å². The van der Waals surface area contributed by atoms with E-state index in [1.165, 1.54) is 22.8 Å². The maximum Gasteiger partial charge on any atom is 0.413 e. The molecule has 1 amide bonds. The number of hydrogen-bond acceptors (Lipinski definition) is 6.